The van der Waals surface area contributed by atoms with E-state index in [0.29, 0.717) is 6.04 Å². The van der Waals surface area contributed by atoms with Crippen molar-refractivity contribution in [2.24, 2.45) is 0 Å². The van der Waals surface area contributed by atoms with Gasteiger partial charge in [-0.1, -0.05) is 12.8 Å². The zero-order valence-corrected chi connectivity index (χ0v) is 9.96. The van der Waals surface area contributed by atoms with E-state index in [-0.39, 0.29) is 5.91 Å². The van der Waals surface area contributed by atoms with Crippen LogP contribution < -0.4 is 10.6 Å². The molecule has 1 amide bonds. The van der Waals surface area contributed by atoms with Crippen LogP contribution >= 0.6 is 0 Å². The van der Waals surface area contributed by atoms with Crippen molar-refractivity contribution in [1.82, 2.24) is 5.32 Å². The molecule has 0 radical (unpaired) electrons. The van der Waals surface area contributed by atoms with Crippen LogP contribution in [-0.2, 0) is 6.42 Å². The number of carbonyl (C=O) groups is 1. The van der Waals surface area contributed by atoms with E-state index < -0.39 is 0 Å². The Bertz CT molecular complexity index is 436. The monoisotopic (exact) mass is 230 g/mol. The second-order valence-corrected chi connectivity index (χ2v) is 5.00. The molecule has 3 nitrogen and oxygen atoms in total. The molecule has 0 unspecified atom stereocenters. The zero-order chi connectivity index (χ0) is 11.7. The second kappa shape index (κ2) is 4.40. The number of hydrogen-bond donors (Lipinski definition) is 2. The third-order valence-corrected chi connectivity index (χ3v) is 3.77. The number of benzene rings is 1. The number of amides is 1. The highest BCUT2D eigenvalue weighted by Gasteiger charge is 2.19. The predicted octanol–water partition coefficient (Wildman–Crippen LogP) is 2.33. The number of nitrogens with one attached hydrogen (secondary N) is 2. The van der Waals surface area contributed by atoms with E-state index in [1.807, 2.05) is 18.2 Å². The van der Waals surface area contributed by atoms with Gasteiger partial charge in [0, 0.05) is 23.8 Å². The van der Waals surface area contributed by atoms with Gasteiger partial charge in [-0.3, -0.25) is 4.79 Å². The van der Waals surface area contributed by atoms with E-state index >= 15 is 0 Å². The summed E-state index contributed by atoms with van der Waals surface area (Å²) in [6.45, 7) is 0.989. The Morgan fingerprint density at radius 1 is 1.29 bits per heavy atom. The quantitative estimate of drug-likeness (QED) is 0.818. The van der Waals surface area contributed by atoms with E-state index in [4.69, 9.17) is 0 Å². The van der Waals surface area contributed by atoms with E-state index in [0.717, 1.165) is 31.4 Å². The molecule has 1 aliphatic heterocycles. The molecule has 1 saturated carbocycles. The van der Waals surface area contributed by atoms with Crippen LogP contribution in [0.3, 0.4) is 0 Å². The van der Waals surface area contributed by atoms with Gasteiger partial charge in [-0.2, -0.15) is 0 Å². The molecule has 1 fully saturated rings. The van der Waals surface area contributed by atoms with Crippen molar-refractivity contribution in [1.29, 1.82) is 0 Å². The van der Waals surface area contributed by atoms with Gasteiger partial charge in [0.2, 0.25) is 0 Å². The first-order valence-corrected chi connectivity index (χ1v) is 6.50. The number of hydrogen-bond acceptors (Lipinski definition) is 2. The lowest BCUT2D eigenvalue weighted by Crippen LogP contribution is -2.32. The first kappa shape index (κ1) is 10.6. The molecule has 0 atom stereocenters. The van der Waals surface area contributed by atoms with Gasteiger partial charge < -0.3 is 10.6 Å². The van der Waals surface area contributed by atoms with E-state index in [2.05, 4.69) is 10.6 Å². The summed E-state index contributed by atoms with van der Waals surface area (Å²) in [4.78, 5) is 12.1. The minimum Gasteiger partial charge on any atom is -0.384 e. The van der Waals surface area contributed by atoms with Gasteiger partial charge in [0.15, 0.2) is 0 Å². The minimum absolute atomic E-state index is 0.0894. The molecule has 0 spiro atoms. The van der Waals surface area contributed by atoms with Crippen LogP contribution in [0.2, 0.25) is 0 Å². The largest absolute Gasteiger partial charge is 0.384 e. The maximum absolute atomic E-state index is 12.1. The van der Waals surface area contributed by atoms with Crippen LogP contribution in [0.25, 0.3) is 0 Å². The predicted molar refractivity (Wildman–Crippen MR) is 68.4 cm³/mol. The highest BCUT2D eigenvalue weighted by molar-refractivity contribution is 5.95. The summed E-state index contributed by atoms with van der Waals surface area (Å²) in [6, 6.07) is 6.36. The average molecular weight is 230 g/mol. The lowest BCUT2D eigenvalue weighted by molar-refractivity contribution is 0.0938. The maximum atomic E-state index is 12.1. The highest BCUT2D eigenvalue weighted by atomic mass is 16.1. The van der Waals surface area contributed by atoms with Gasteiger partial charge in [0.25, 0.3) is 5.91 Å². The van der Waals surface area contributed by atoms with E-state index in [9.17, 15) is 4.79 Å². The molecular formula is C14H18N2O. The molecule has 1 aromatic rings. The number of anilines is 1. The van der Waals surface area contributed by atoms with Crippen molar-refractivity contribution in [2.45, 2.75) is 38.1 Å². The number of fused-ring (bicyclic) bond motifs is 1. The molecule has 0 bridgehead atoms. The summed E-state index contributed by atoms with van der Waals surface area (Å²) in [7, 11) is 0. The average Bonchev–Trinajstić information content (AvgIpc) is 2.97. The molecule has 0 saturated heterocycles. The lowest BCUT2D eigenvalue weighted by Gasteiger charge is -2.12. The topological polar surface area (TPSA) is 41.1 Å². The smallest absolute Gasteiger partial charge is 0.251 e. The first-order valence-electron chi connectivity index (χ1n) is 6.50. The molecule has 0 aromatic heterocycles. The Morgan fingerprint density at radius 3 is 2.94 bits per heavy atom. The fourth-order valence-corrected chi connectivity index (χ4v) is 2.78. The number of carbonyl (C=O) groups excluding carboxylic acids is 1. The third kappa shape index (κ3) is 2.14. The Hall–Kier alpha value is -1.51. The van der Waals surface area contributed by atoms with Gasteiger partial charge in [0.05, 0.1) is 0 Å². The fourth-order valence-electron chi connectivity index (χ4n) is 2.78. The van der Waals surface area contributed by atoms with Crippen molar-refractivity contribution in [3.8, 4) is 0 Å². The van der Waals surface area contributed by atoms with E-state index in [1.54, 1.807) is 0 Å². The van der Waals surface area contributed by atoms with Gasteiger partial charge in [-0.25, -0.2) is 0 Å². The third-order valence-electron chi connectivity index (χ3n) is 3.77. The van der Waals surface area contributed by atoms with Crippen LogP contribution in [0.5, 0.6) is 0 Å². The van der Waals surface area contributed by atoms with Crippen molar-refractivity contribution < 1.29 is 4.79 Å². The van der Waals surface area contributed by atoms with Crippen molar-refractivity contribution in [3.63, 3.8) is 0 Å². The Labute approximate surface area is 102 Å². The van der Waals surface area contributed by atoms with Gasteiger partial charge in [-0.05, 0) is 43.0 Å². The van der Waals surface area contributed by atoms with Crippen molar-refractivity contribution in [2.75, 3.05) is 11.9 Å². The summed E-state index contributed by atoms with van der Waals surface area (Å²) < 4.78 is 0. The standard InChI is InChI=1S/C14H18N2O/c17-14(16-12-3-1-2-4-12)11-5-6-13-10(9-11)7-8-15-13/h5-6,9,12,15H,1-4,7-8H2,(H,16,17). The van der Waals surface area contributed by atoms with Crippen LogP contribution in [0.15, 0.2) is 18.2 Å². The summed E-state index contributed by atoms with van der Waals surface area (Å²) in [6.07, 6.45) is 5.80. The normalized spacial score (nSPS) is 18.8. The molecule has 1 heterocycles. The first-order chi connectivity index (χ1) is 8.33. The molecule has 2 aliphatic rings. The molecule has 2 N–H and O–H groups in total. The Balaban J connectivity index is 1.72. The van der Waals surface area contributed by atoms with Gasteiger partial charge in [-0.15, -0.1) is 0 Å². The summed E-state index contributed by atoms with van der Waals surface area (Å²) in [5.41, 5.74) is 3.26. The summed E-state index contributed by atoms with van der Waals surface area (Å²) in [5, 5.41) is 6.43. The maximum Gasteiger partial charge on any atom is 0.251 e. The van der Waals surface area contributed by atoms with Crippen LogP contribution in [-0.4, -0.2) is 18.5 Å². The summed E-state index contributed by atoms with van der Waals surface area (Å²) >= 11 is 0. The summed E-state index contributed by atoms with van der Waals surface area (Å²) in [5.74, 6) is 0.0894. The van der Waals surface area contributed by atoms with Gasteiger partial charge in [0.1, 0.15) is 0 Å². The Morgan fingerprint density at radius 2 is 2.12 bits per heavy atom. The molecule has 1 aliphatic carbocycles. The van der Waals surface area contributed by atoms with Gasteiger partial charge >= 0.3 is 0 Å². The fraction of sp³-hybridized carbons (Fsp3) is 0.500. The molecule has 1 aromatic carbocycles. The SMILES string of the molecule is O=C(NC1CCCC1)c1ccc2c(c1)CCN2. The number of rotatable bonds is 2. The Kier molecular flexibility index (Phi) is 2.75. The molecule has 90 valence electrons. The van der Waals surface area contributed by atoms with Crippen molar-refractivity contribution >= 4 is 11.6 Å². The molecular weight excluding hydrogens is 212 g/mol. The van der Waals surface area contributed by atoms with Crippen LogP contribution in [0.1, 0.15) is 41.6 Å². The lowest BCUT2D eigenvalue weighted by atomic mass is 10.1. The highest BCUT2D eigenvalue weighted by Crippen LogP contribution is 2.23. The molecule has 3 heteroatoms. The van der Waals surface area contributed by atoms with Crippen LogP contribution in [0.4, 0.5) is 5.69 Å². The zero-order valence-electron chi connectivity index (χ0n) is 9.96. The molecule has 3 rings (SSSR count). The minimum atomic E-state index is 0.0894. The van der Waals surface area contributed by atoms with E-state index in [1.165, 1.54) is 24.1 Å². The van der Waals surface area contributed by atoms with Crippen molar-refractivity contribution in [3.05, 3.63) is 29.3 Å². The molecule has 17 heavy (non-hydrogen) atoms. The second-order valence-electron chi connectivity index (χ2n) is 5.00. The van der Waals surface area contributed by atoms with Crippen LogP contribution in [0, 0.1) is 0 Å².